The molecule has 0 radical (unpaired) electrons. The van der Waals surface area contributed by atoms with Gasteiger partial charge in [-0.3, -0.25) is 4.90 Å². The van der Waals surface area contributed by atoms with Gasteiger partial charge in [0.15, 0.2) is 0 Å². The van der Waals surface area contributed by atoms with Crippen molar-refractivity contribution in [3.63, 3.8) is 0 Å². The highest BCUT2D eigenvalue weighted by Crippen LogP contribution is 2.32. The zero-order valence-corrected chi connectivity index (χ0v) is 11.8. The summed E-state index contributed by atoms with van der Waals surface area (Å²) in [4.78, 5) is 2.67. The van der Waals surface area contributed by atoms with E-state index in [0.717, 1.165) is 6.54 Å². The summed E-state index contributed by atoms with van der Waals surface area (Å²) >= 11 is 0. The zero-order chi connectivity index (χ0) is 12.4. The maximum absolute atomic E-state index is 5.99. The fourth-order valence-corrected chi connectivity index (χ4v) is 4.07. The molecule has 3 fully saturated rings. The van der Waals surface area contributed by atoms with Crippen molar-refractivity contribution in [1.29, 1.82) is 0 Å². The highest BCUT2D eigenvalue weighted by molar-refractivity contribution is 4.97. The molecule has 3 rings (SSSR count). The van der Waals surface area contributed by atoms with Crippen LogP contribution >= 0.6 is 0 Å². The smallest absolute Gasteiger partial charge is 0.0706 e. The molecule has 1 N–H and O–H groups in total. The van der Waals surface area contributed by atoms with Gasteiger partial charge in [-0.2, -0.15) is 0 Å². The van der Waals surface area contributed by atoms with Crippen molar-refractivity contribution < 1.29 is 4.74 Å². The van der Waals surface area contributed by atoms with Gasteiger partial charge in [0.05, 0.1) is 12.2 Å². The van der Waals surface area contributed by atoms with Gasteiger partial charge >= 0.3 is 0 Å². The van der Waals surface area contributed by atoms with Gasteiger partial charge in [0.1, 0.15) is 0 Å². The molecule has 0 aromatic rings. The van der Waals surface area contributed by atoms with Gasteiger partial charge < -0.3 is 10.1 Å². The Hall–Kier alpha value is -0.120. The van der Waals surface area contributed by atoms with Gasteiger partial charge in [0, 0.05) is 18.6 Å². The van der Waals surface area contributed by atoms with Crippen molar-refractivity contribution in [2.24, 2.45) is 0 Å². The minimum Gasteiger partial charge on any atom is -0.374 e. The minimum absolute atomic E-state index is 0.445. The Kier molecular flexibility index (Phi) is 3.92. The number of hydrogen-bond acceptors (Lipinski definition) is 3. The second-order valence-corrected chi connectivity index (χ2v) is 6.65. The van der Waals surface area contributed by atoms with Crippen LogP contribution in [0.1, 0.15) is 51.9 Å². The summed E-state index contributed by atoms with van der Waals surface area (Å²) < 4.78 is 5.99. The third kappa shape index (κ3) is 2.89. The molecule has 0 amide bonds. The molecule has 3 nitrogen and oxygen atoms in total. The van der Waals surface area contributed by atoms with Crippen molar-refractivity contribution in [1.82, 2.24) is 10.2 Å². The van der Waals surface area contributed by atoms with Gasteiger partial charge in [-0.1, -0.05) is 12.8 Å². The predicted molar refractivity (Wildman–Crippen MR) is 73.8 cm³/mol. The zero-order valence-electron chi connectivity index (χ0n) is 11.8. The monoisotopic (exact) mass is 252 g/mol. The van der Waals surface area contributed by atoms with Crippen molar-refractivity contribution >= 4 is 0 Å². The third-order valence-electron chi connectivity index (χ3n) is 5.02. The first kappa shape index (κ1) is 12.9. The summed E-state index contributed by atoms with van der Waals surface area (Å²) in [5.41, 5.74) is 0.445. The summed E-state index contributed by atoms with van der Waals surface area (Å²) in [7, 11) is 0. The number of rotatable bonds is 2. The lowest BCUT2D eigenvalue weighted by molar-refractivity contribution is 0.0279. The highest BCUT2D eigenvalue weighted by Gasteiger charge is 2.37. The summed E-state index contributed by atoms with van der Waals surface area (Å²) in [6.07, 6.45) is 10.4. The van der Waals surface area contributed by atoms with E-state index < -0.39 is 0 Å². The molecule has 2 heterocycles. The summed E-state index contributed by atoms with van der Waals surface area (Å²) in [5, 5.41) is 3.84. The van der Waals surface area contributed by atoms with E-state index >= 15 is 0 Å². The molecule has 2 aliphatic heterocycles. The largest absolute Gasteiger partial charge is 0.374 e. The van der Waals surface area contributed by atoms with Crippen LogP contribution in [0, 0.1) is 0 Å². The van der Waals surface area contributed by atoms with E-state index in [-0.39, 0.29) is 0 Å². The van der Waals surface area contributed by atoms with Crippen LogP contribution in [-0.4, -0.2) is 48.8 Å². The molecule has 2 saturated heterocycles. The lowest BCUT2D eigenvalue weighted by Crippen LogP contribution is -2.50. The molecule has 0 aromatic heterocycles. The van der Waals surface area contributed by atoms with E-state index in [4.69, 9.17) is 4.74 Å². The van der Waals surface area contributed by atoms with Crippen LogP contribution < -0.4 is 5.32 Å². The number of nitrogens with one attached hydrogen (secondary N) is 1. The van der Waals surface area contributed by atoms with E-state index in [1.54, 1.807) is 0 Å². The Morgan fingerprint density at radius 2 is 2.06 bits per heavy atom. The second-order valence-electron chi connectivity index (χ2n) is 6.65. The first-order chi connectivity index (χ1) is 8.76. The number of hydrogen-bond donors (Lipinski definition) is 1. The van der Waals surface area contributed by atoms with Crippen LogP contribution in [0.3, 0.4) is 0 Å². The lowest BCUT2D eigenvalue weighted by atomic mass is 9.97. The topological polar surface area (TPSA) is 24.5 Å². The SMILES string of the molecule is CC1CCC(CN2CCCNC3(CCCC3)C2)O1. The van der Waals surface area contributed by atoms with E-state index in [2.05, 4.69) is 17.1 Å². The van der Waals surface area contributed by atoms with Gasteiger partial charge in [-0.05, 0) is 52.1 Å². The number of ether oxygens (including phenoxy) is 1. The minimum atomic E-state index is 0.445. The molecule has 2 unspecified atom stereocenters. The molecule has 1 saturated carbocycles. The first-order valence-electron chi connectivity index (χ1n) is 7.89. The van der Waals surface area contributed by atoms with Crippen LogP contribution in [0.15, 0.2) is 0 Å². The average Bonchev–Trinajstić information content (AvgIpc) is 2.89. The molecule has 1 spiro atoms. The van der Waals surface area contributed by atoms with E-state index in [9.17, 15) is 0 Å². The molecule has 104 valence electrons. The van der Waals surface area contributed by atoms with Gasteiger partial charge in [0.25, 0.3) is 0 Å². The second kappa shape index (κ2) is 5.48. The van der Waals surface area contributed by atoms with Crippen molar-refractivity contribution in [3.8, 4) is 0 Å². The number of nitrogens with zero attached hydrogens (tertiary/aromatic N) is 1. The Balaban J connectivity index is 1.57. The molecule has 3 aliphatic rings. The molecule has 2 atom stereocenters. The average molecular weight is 252 g/mol. The first-order valence-corrected chi connectivity index (χ1v) is 7.89. The lowest BCUT2D eigenvalue weighted by Gasteiger charge is -2.34. The standard InChI is InChI=1S/C15H28N2O/c1-13-5-6-14(18-13)11-17-10-4-9-16-15(12-17)7-2-3-8-15/h13-14,16H,2-12H2,1H3. The molecule has 3 heteroatoms. The Morgan fingerprint density at radius 1 is 1.22 bits per heavy atom. The Labute approximate surface area is 111 Å². The van der Waals surface area contributed by atoms with Gasteiger partial charge in [-0.25, -0.2) is 0 Å². The van der Waals surface area contributed by atoms with Crippen LogP contribution in [-0.2, 0) is 4.74 Å². The van der Waals surface area contributed by atoms with Crippen molar-refractivity contribution in [2.45, 2.75) is 69.6 Å². The van der Waals surface area contributed by atoms with E-state index in [0.29, 0.717) is 17.7 Å². The summed E-state index contributed by atoms with van der Waals surface area (Å²) in [6, 6.07) is 0. The highest BCUT2D eigenvalue weighted by atomic mass is 16.5. The molecular weight excluding hydrogens is 224 g/mol. The van der Waals surface area contributed by atoms with Crippen molar-refractivity contribution in [2.75, 3.05) is 26.2 Å². The normalized spacial score (nSPS) is 37.2. The summed E-state index contributed by atoms with van der Waals surface area (Å²) in [6.45, 7) is 7.08. The summed E-state index contributed by atoms with van der Waals surface area (Å²) in [5.74, 6) is 0. The maximum Gasteiger partial charge on any atom is 0.0706 e. The fraction of sp³-hybridized carbons (Fsp3) is 1.00. The van der Waals surface area contributed by atoms with Gasteiger partial charge in [-0.15, -0.1) is 0 Å². The maximum atomic E-state index is 5.99. The molecule has 1 aliphatic carbocycles. The molecule has 0 bridgehead atoms. The third-order valence-corrected chi connectivity index (χ3v) is 5.02. The fourth-order valence-electron chi connectivity index (χ4n) is 4.07. The molecular formula is C15H28N2O. The van der Waals surface area contributed by atoms with Crippen LogP contribution in [0.25, 0.3) is 0 Å². The predicted octanol–water partition coefficient (Wildman–Crippen LogP) is 2.16. The van der Waals surface area contributed by atoms with Crippen LogP contribution in [0.2, 0.25) is 0 Å². The van der Waals surface area contributed by atoms with Crippen LogP contribution in [0.5, 0.6) is 0 Å². The van der Waals surface area contributed by atoms with E-state index in [1.165, 1.54) is 64.6 Å². The van der Waals surface area contributed by atoms with Crippen LogP contribution in [0.4, 0.5) is 0 Å². The quantitative estimate of drug-likeness (QED) is 0.815. The Morgan fingerprint density at radius 3 is 2.78 bits per heavy atom. The molecule has 18 heavy (non-hydrogen) atoms. The van der Waals surface area contributed by atoms with Gasteiger partial charge in [0.2, 0.25) is 0 Å². The van der Waals surface area contributed by atoms with Crippen molar-refractivity contribution in [3.05, 3.63) is 0 Å². The Bertz CT molecular complexity index is 276. The molecule has 0 aromatic carbocycles. The van der Waals surface area contributed by atoms with E-state index in [1.807, 2.05) is 0 Å².